The molecule has 0 saturated carbocycles. The molecule has 0 aliphatic carbocycles. The normalized spacial score (nSPS) is 12.9. The first-order chi connectivity index (χ1) is 11.4. The maximum absolute atomic E-state index is 9.58. The van der Waals surface area contributed by atoms with E-state index in [-0.39, 0.29) is 0 Å². The third-order valence-electron chi connectivity index (χ3n) is 0.383. The molecule has 0 spiro atoms. The zero-order valence-corrected chi connectivity index (χ0v) is 17.0. The Morgan fingerprint density at radius 3 is 0.571 bits per heavy atom. The zero-order chi connectivity index (χ0) is 24.4. The third-order valence-corrected chi connectivity index (χ3v) is 3.44. The molecule has 0 unspecified atom stereocenters. The van der Waals surface area contributed by atoms with E-state index < -0.39 is 57.2 Å². The first kappa shape index (κ1) is 35.2. The highest BCUT2D eigenvalue weighted by Gasteiger charge is 2.23. The van der Waals surface area contributed by atoms with Gasteiger partial charge in [-0.05, 0) is 0 Å². The van der Waals surface area contributed by atoms with Gasteiger partial charge in [-0.3, -0.25) is 27.3 Å². The maximum atomic E-state index is 9.58. The summed E-state index contributed by atoms with van der Waals surface area (Å²) in [6.45, 7) is 0. The summed E-state index contributed by atoms with van der Waals surface area (Å²) < 4.78 is 141. The summed E-state index contributed by atoms with van der Waals surface area (Å²) in [4.78, 5) is 30.8. The molecule has 0 radical (unpaired) electrons. The molecule has 0 aromatic carbocycles. The van der Waals surface area contributed by atoms with Gasteiger partial charge in [0.05, 0.1) is 0 Å². The molecule has 0 aliphatic rings. The van der Waals surface area contributed by atoms with Crippen LogP contribution in [0.25, 0.3) is 0 Å². The molecule has 0 aromatic rings. The zero-order valence-electron chi connectivity index (χ0n) is 11.9. The Balaban J connectivity index is -0.000000143. The van der Waals surface area contributed by atoms with Gasteiger partial charge in [0.1, 0.15) is 0 Å². The lowest BCUT2D eigenvalue weighted by atomic mass is 15.7. The van der Waals surface area contributed by atoms with Gasteiger partial charge in [0, 0.05) is 0 Å². The van der Waals surface area contributed by atoms with E-state index in [1.54, 1.807) is 0 Å². The Morgan fingerprint density at radius 1 is 0.464 bits per heavy atom. The molecule has 0 aliphatic heterocycles. The van der Waals surface area contributed by atoms with Crippen LogP contribution in [0.2, 0.25) is 0 Å². The molecular weight excluding hydrogens is 542 g/mol. The summed E-state index contributed by atoms with van der Waals surface area (Å²) in [6, 6.07) is 0. The van der Waals surface area contributed by atoms with Gasteiger partial charge in [-0.15, -0.1) is 7.94 Å². The van der Waals surface area contributed by atoms with Crippen molar-refractivity contribution in [3.05, 3.63) is 0 Å². The van der Waals surface area contributed by atoms with Crippen LogP contribution in [0.3, 0.4) is 0 Å². The van der Waals surface area contributed by atoms with Gasteiger partial charge in [-0.25, -0.2) is 9.13 Å². The minimum absolute atomic E-state index is 2.82. The largest absolute Gasteiger partial charge is 0.486 e. The van der Waals surface area contributed by atoms with Gasteiger partial charge in [0.15, 0.2) is 0 Å². The molecule has 0 amide bonds. The second-order valence-corrected chi connectivity index (χ2v) is 9.54. The Morgan fingerprint density at radius 2 is 0.571 bits per heavy atom. The summed E-state index contributed by atoms with van der Waals surface area (Å²) >= 11 is 0. The third kappa shape index (κ3) is 114. The van der Waals surface area contributed by atoms with E-state index in [1.165, 1.54) is 0 Å². The SMILES string of the molecule is O=P(O)(O)OS(=O)(=O)O.O=P(O)(O)OS(=O)(=O)O.O=S(=O)(O)O.O=S(=O)(O)O. The van der Waals surface area contributed by atoms with E-state index in [0.717, 1.165) is 0 Å². The molecular formula is H10O22P2S4. The summed E-state index contributed by atoms with van der Waals surface area (Å²) in [6.07, 6.45) is 0. The minimum atomic E-state index is -5.13. The fourth-order valence-corrected chi connectivity index (χ4v) is 2.21. The molecule has 0 atom stereocenters. The summed E-state index contributed by atoms with van der Waals surface area (Å²) in [5.41, 5.74) is 0. The second kappa shape index (κ2) is 12.5. The van der Waals surface area contributed by atoms with Gasteiger partial charge >= 0.3 is 57.2 Å². The summed E-state index contributed by atoms with van der Waals surface area (Å²) in [5, 5.41) is 0. The Labute approximate surface area is 155 Å². The van der Waals surface area contributed by atoms with E-state index in [2.05, 4.69) is 7.94 Å². The molecule has 0 aromatic heterocycles. The topological polar surface area (TPSA) is 391 Å². The first-order valence-corrected chi connectivity index (χ1v) is 12.9. The van der Waals surface area contributed by atoms with Crippen LogP contribution >= 0.6 is 15.6 Å². The smallest absolute Gasteiger partial charge is 0.302 e. The number of hydrogen-bond acceptors (Lipinski definition) is 12. The van der Waals surface area contributed by atoms with Crippen molar-refractivity contribution in [2.24, 2.45) is 0 Å². The van der Waals surface area contributed by atoms with Crippen LogP contribution in [-0.4, -0.2) is 80.6 Å². The van der Waals surface area contributed by atoms with Crippen LogP contribution in [0, 0.1) is 0 Å². The highest BCUT2D eigenvalue weighted by Crippen LogP contribution is 2.37. The van der Waals surface area contributed by atoms with Crippen LogP contribution in [0.1, 0.15) is 0 Å². The van der Waals surface area contributed by atoms with Crippen LogP contribution in [0.5, 0.6) is 0 Å². The standard InChI is InChI=1S/2H3O7PS.2H2O4S/c2*1-8(2,3)7-9(4,5)6;2*1-5(2,3)4/h2*(H2,1,2,3)(H,4,5,6);2*(H2,1,2,3,4). The summed E-state index contributed by atoms with van der Waals surface area (Å²) in [5.74, 6) is 0. The molecule has 0 saturated heterocycles. The molecule has 28 heavy (non-hydrogen) atoms. The summed E-state index contributed by atoms with van der Waals surface area (Å²) in [7, 11) is -29.7. The lowest BCUT2D eigenvalue weighted by Crippen LogP contribution is -2.00. The van der Waals surface area contributed by atoms with Crippen LogP contribution in [0.15, 0.2) is 0 Å². The number of rotatable bonds is 4. The molecule has 10 N–H and O–H groups in total. The van der Waals surface area contributed by atoms with Crippen molar-refractivity contribution in [1.29, 1.82) is 0 Å². The molecule has 176 valence electrons. The Kier molecular flexibility index (Phi) is 15.7. The fourth-order valence-electron chi connectivity index (χ4n) is 0.245. The van der Waals surface area contributed by atoms with Crippen LogP contribution < -0.4 is 0 Å². The lowest BCUT2D eigenvalue weighted by molar-refractivity contribution is 0.264. The Bertz CT molecular complexity index is 843. The highest BCUT2D eigenvalue weighted by molar-refractivity contribution is 7.85. The van der Waals surface area contributed by atoms with Crippen molar-refractivity contribution < 1.29 is 97.6 Å². The Hall–Kier alpha value is -0.220. The van der Waals surface area contributed by atoms with E-state index in [9.17, 15) is 26.0 Å². The van der Waals surface area contributed by atoms with Gasteiger partial charge in [0.2, 0.25) is 0 Å². The van der Waals surface area contributed by atoms with Crippen molar-refractivity contribution in [2.45, 2.75) is 0 Å². The molecule has 22 nitrogen and oxygen atoms in total. The quantitative estimate of drug-likeness (QED) is 0.119. The maximum Gasteiger partial charge on any atom is 0.486 e. The number of phosphoric acid groups is 2. The highest BCUT2D eigenvalue weighted by atomic mass is 32.3. The van der Waals surface area contributed by atoms with Crippen LogP contribution in [-0.2, 0) is 58.7 Å². The molecule has 0 fully saturated rings. The van der Waals surface area contributed by atoms with E-state index in [1.807, 2.05) is 0 Å². The molecule has 0 rings (SSSR count). The first-order valence-electron chi connectivity index (χ1n) is 4.29. The fraction of sp³-hybridized carbons (Fsp3) is 0. The lowest BCUT2D eigenvalue weighted by Gasteiger charge is -1.97. The van der Waals surface area contributed by atoms with E-state index >= 15 is 0 Å². The van der Waals surface area contributed by atoms with Crippen molar-refractivity contribution in [1.82, 2.24) is 0 Å². The number of hydrogen-bond donors (Lipinski definition) is 10. The predicted octanol–water partition coefficient (Wildman–Crippen LogP) is -3.51. The van der Waals surface area contributed by atoms with Gasteiger partial charge in [-0.1, -0.05) is 0 Å². The average Bonchev–Trinajstić information content (AvgIpc) is 1.95. The van der Waals surface area contributed by atoms with Gasteiger partial charge in [0.25, 0.3) is 0 Å². The van der Waals surface area contributed by atoms with E-state index in [0.29, 0.717) is 0 Å². The van der Waals surface area contributed by atoms with Gasteiger partial charge in [-0.2, -0.15) is 33.7 Å². The molecule has 28 heteroatoms. The molecule has 0 heterocycles. The monoisotopic (exact) mass is 552 g/mol. The van der Waals surface area contributed by atoms with Crippen molar-refractivity contribution in [2.75, 3.05) is 0 Å². The van der Waals surface area contributed by atoms with Crippen molar-refractivity contribution >= 4 is 57.2 Å². The minimum Gasteiger partial charge on any atom is -0.302 e. The van der Waals surface area contributed by atoms with Crippen molar-refractivity contribution in [3.63, 3.8) is 0 Å². The predicted molar refractivity (Wildman–Crippen MR) is 77.7 cm³/mol. The van der Waals surface area contributed by atoms with E-state index in [4.69, 9.17) is 63.7 Å². The van der Waals surface area contributed by atoms with Crippen molar-refractivity contribution in [3.8, 4) is 0 Å². The second-order valence-electron chi connectivity index (χ2n) is 2.88. The average molecular weight is 552 g/mol. The van der Waals surface area contributed by atoms with Gasteiger partial charge < -0.3 is 19.6 Å². The van der Waals surface area contributed by atoms with Crippen LogP contribution in [0.4, 0.5) is 0 Å². The molecule has 0 bridgehead atoms.